The Labute approximate surface area is 137 Å². The summed E-state index contributed by atoms with van der Waals surface area (Å²) in [5, 5.41) is 6.05. The Morgan fingerprint density at radius 3 is 3.00 bits per heavy atom. The van der Waals surface area contributed by atoms with Crippen molar-refractivity contribution >= 4 is 5.91 Å². The molecule has 0 bridgehead atoms. The summed E-state index contributed by atoms with van der Waals surface area (Å²) >= 11 is 0. The number of methoxy groups -OCH3 is 1. The molecule has 1 aromatic carbocycles. The summed E-state index contributed by atoms with van der Waals surface area (Å²) < 4.78 is 16.4. The fourth-order valence-corrected chi connectivity index (χ4v) is 2.31. The minimum absolute atomic E-state index is 0.0491. The van der Waals surface area contributed by atoms with Gasteiger partial charge in [-0.25, -0.2) is 0 Å². The SMILES string of the molecule is CCCCOc1ccc(CNC(=O)C2COCCN2)cc1OC. The van der Waals surface area contributed by atoms with Crippen molar-refractivity contribution in [3.05, 3.63) is 23.8 Å². The lowest BCUT2D eigenvalue weighted by atomic mass is 10.2. The Hall–Kier alpha value is -1.79. The standard InChI is InChI=1S/C17H26N2O4/c1-3-4-8-23-15-6-5-13(10-16(15)21-2)11-19-17(20)14-12-22-9-7-18-14/h5-6,10,14,18H,3-4,7-9,11-12H2,1-2H3,(H,19,20). The summed E-state index contributed by atoms with van der Waals surface area (Å²) in [4.78, 5) is 12.1. The molecule has 23 heavy (non-hydrogen) atoms. The van der Waals surface area contributed by atoms with Gasteiger partial charge in [0.1, 0.15) is 6.04 Å². The van der Waals surface area contributed by atoms with Crippen molar-refractivity contribution in [2.45, 2.75) is 32.4 Å². The quantitative estimate of drug-likeness (QED) is 0.710. The molecular formula is C17H26N2O4. The summed E-state index contributed by atoms with van der Waals surface area (Å²) in [5.74, 6) is 1.37. The van der Waals surface area contributed by atoms with Crippen molar-refractivity contribution in [2.75, 3.05) is 33.5 Å². The molecule has 1 amide bonds. The van der Waals surface area contributed by atoms with Crippen molar-refractivity contribution in [2.24, 2.45) is 0 Å². The van der Waals surface area contributed by atoms with Crippen molar-refractivity contribution < 1.29 is 19.0 Å². The van der Waals surface area contributed by atoms with Gasteiger partial charge in [0.05, 0.1) is 26.9 Å². The van der Waals surface area contributed by atoms with E-state index in [-0.39, 0.29) is 11.9 Å². The van der Waals surface area contributed by atoms with E-state index < -0.39 is 0 Å². The molecule has 1 fully saturated rings. The van der Waals surface area contributed by atoms with Crippen LogP contribution in [0.4, 0.5) is 0 Å². The van der Waals surface area contributed by atoms with Crippen molar-refractivity contribution in [1.29, 1.82) is 0 Å². The Morgan fingerprint density at radius 2 is 2.30 bits per heavy atom. The summed E-state index contributed by atoms with van der Waals surface area (Å²) in [6.45, 7) is 5.02. The zero-order valence-corrected chi connectivity index (χ0v) is 13.9. The largest absolute Gasteiger partial charge is 0.493 e. The number of carbonyl (C=O) groups excluding carboxylic acids is 1. The summed E-state index contributed by atoms with van der Waals surface area (Å²) in [6.07, 6.45) is 2.10. The minimum Gasteiger partial charge on any atom is -0.493 e. The zero-order valence-electron chi connectivity index (χ0n) is 13.9. The summed E-state index contributed by atoms with van der Waals surface area (Å²) in [7, 11) is 1.62. The third kappa shape index (κ3) is 5.41. The van der Waals surface area contributed by atoms with E-state index in [1.807, 2.05) is 18.2 Å². The lowest BCUT2D eigenvalue weighted by molar-refractivity contribution is -0.126. The molecule has 2 N–H and O–H groups in total. The van der Waals surface area contributed by atoms with E-state index in [0.717, 1.165) is 24.2 Å². The topological polar surface area (TPSA) is 68.8 Å². The minimum atomic E-state index is -0.276. The highest BCUT2D eigenvalue weighted by Crippen LogP contribution is 2.28. The van der Waals surface area contributed by atoms with Crippen LogP contribution in [-0.2, 0) is 16.1 Å². The maximum absolute atomic E-state index is 12.1. The second-order valence-electron chi connectivity index (χ2n) is 5.49. The van der Waals surface area contributed by atoms with Gasteiger partial charge >= 0.3 is 0 Å². The molecule has 0 saturated carbocycles. The van der Waals surface area contributed by atoms with E-state index in [4.69, 9.17) is 14.2 Å². The van der Waals surface area contributed by atoms with Gasteiger partial charge in [0, 0.05) is 13.1 Å². The fourth-order valence-electron chi connectivity index (χ4n) is 2.31. The smallest absolute Gasteiger partial charge is 0.239 e. The number of hydrogen-bond acceptors (Lipinski definition) is 5. The molecule has 1 atom stereocenters. The molecule has 1 saturated heterocycles. The first-order chi connectivity index (χ1) is 11.2. The number of hydrogen-bond donors (Lipinski definition) is 2. The Kier molecular flexibility index (Phi) is 7.16. The number of ether oxygens (including phenoxy) is 3. The van der Waals surface area contributed by atoms with Crippen LogP contribution in [0.15, 0.2) is 18.2 Å². The first-order valence-electron chi connectivity index (χ1n) is 8.13. The summed E-state index contributed by atoms with van der Waals surface area (Å²) in [6, 6.07) is 5.45. The third-order valence-corrected chi connectivity index (χ3v) is 3.69. The van der Waals surface area contributed by atoms with Crippen molar-refractivity contribution in [3.8, 4) is 11.5 Å². The number of nitrogens with one attached hydrogen (secondary N) is 2. The molecule has 0 aliphatic carbocycles. The number of unbranched alkanes of at least 4 members (excludes halogenated alkanes) is 1. The molecule has 0 spiro atoms. The lowest BCUT2D eigenvalue weighted by Gasteiger charge is -2.23. The van der Waals surface area contributed by atoms with E-state index in [9.17, 15) is 4.79 Å². The molecule has 2 rings (SSSR count). The van der Waals surface area contributed by atoms with E-state index in [1.54, 1.807) is 7.11 Å². The molecule has 1 aliphatic heterocycles. The second kappa shape index (κ2) is 9.37. The number of carbonyl (C=O) groups is 1. The molecule has 1 unspecified atom stereocenters. The van der Waals surface area contributed by atoms with Crippen LogP contribution in [-0.4, -0.2) is 45.4 Å². The Morgan fingerprint density at radius 1 is 1.43 bits per heavy atom. The van der Waals surface area contributed by atoms with E-state index in [1.165, 1.54) is 0 Å². The molecule has 6 heteroatoms. The second-order valence-corrected chi connectivity index (χ2v) is 5.49. The van der Waals surface area contributed by atoms with Gasteiger partial charge < -0.3 is 24.8 Å². The van der Waals surface area contributed by atoms with Crippen LogP contribution in [0.5, 0.6) is 11.5 Å². The van der Waals surface area contributed by atoms with Crippen molar-refractivity contribution in [3.63, 3.8) is 0 Å². The van der Waals surface area contributed by atoms with Gasteiger partial charge in [0.15, 0.2) is 11.5 Å². The van der Waals surface area contributed by atoms with Gasteiger partial charge in [-0.2, -0.15) is 0 Å². The van der Waals surface area contributed by atoms with Gasteiger partial charge in [-0.3, -0.25) is 4.79 Å². The maximum Gasteiger partial charge on any atom is 0.239 e. The van der Waals surface area contributed by atoms with Gasteiger partial charge in [-0.05, 0) is 24.1 Å². The number of amides is 1. The van der Waals surface area contributed by atoms with Crippen LogP contribution < -0.4 is 20.1 Å². The number of rotatable bonds is 8. The number of morpholine rings is 1. The normalized spacial score (nSPS) is 17.6. The summed E-state index contributed by atoms with van der Waals surface area (Å²) in [5.41, 5.74) is 0.967. The third-order valence-electron chi connectivity index (χ3n) is 3.69. The molecule has 128 valence electrons. The first kappa shape index (κ1) is 17.6. The molecule has 6 nitrogen and oxygen atoms in total. The fraction of sp³-hybridized carbons (Fsp3) is 0.588. The van der Waals surface area contributed by atoms with Gasteiger partial charge in [-0.15, -0.1) is 0 Å². The van der Waals surface area contributed by atoms with Crippen LogP contribution in [0.1, 0.15) is 25.3 Å². The van der Waals surface area contributed by atoms with Crippen LogP contribution in [0, 0.1) is 0 Å². The predicted octanol–water partition coefficient (Wildman–Crippen LogP) is 1.48. The maximum atomic E-state index is 12.1. The van der Waals surface area contributed by atoms with Crippen LogP contribution in [0.3, 0.4) is 0 Å². The molecular weight excluding hydrogens is 296 g/mol. The van der Waals surface area contributed by atoms with Crippen LogP contribution in [0.2, 0.25) is 0 Å². The van der Waals surface area contributed by atoms with Crippen molar-refractivity contribution in [1.82, 2.24) is 10.6 Å². The monoisotopic (exact) mass is 322 g/mol. The van der Waals surface area contributed by atoms with E-state index in [0.29, 0.717) is 38.7 Å². The average molecular weight is 322 g/mol. The number of benzene rings is 1. The van der Waals surface area contributed by atoms with E-state index >= 15 is 0 Å². The van der Waals surface area contributed by atoms with Crippen LogP contribution >= 0.6 is 0 Å². The van der Waals surface area contributed by atoms with E-state index in [2.05, 4.69) is 17.6 Å². The molecule has 1 aromatic rings. The average Bonchev–Trinajstić information content (AvgIpc) is 2.61. The van der Waals surface area contributed by atoms with Gasteiger partial charge in [-0.1, -0.05) is 19.4 Å². The molecule has 0 radical (unpaired) electrons. The Balaban J connectivity index is 1.88. The highest BCUT2D eigenvalue weighted by atomic mass is 16.5. The first-order valence-corrected chi connectivity index (χ1v) is 8.13. The van der Waals surface area contributed by atoms with Gasteiger partial charge in [0.25, 0.3) is 0 Å². The predicted molar refractivity (Wildman–Crippen MR) is 87.9 cm³/mol. The van der Waals surface area contributed by atoms with Crippen LogP contribution in [0.25, 0.3) is 0 Å². The molecule has 0 aromatic heterocycles. The van der Waals surface area contributed by atoms with Gasteiger partial charge in [0.2, 0.25) is 5.91 Å². The Bertz CT molecular complexity index is 501. The highest BCUT2D eigenvalue weighted by molar-refractivity contribution is 5.82. The zero-order chi connectivity index (χ0) is 16.5. The highest BCUT2D eigenvalue weighted by Gasteiger charge is 2.20. The molecule has 1 aliphatic rings. The lowest BCUT2D eigenvalue weighted by Crippen LogP contribution is -2.51. The molecule has 1 heterocycles.